The molecule has 1 fully saturated rings. The molecule has 0 radical (unpaired) electrons. The van der Waals surface area contributed by atoms with Gasteiger partial charge in [0.1, 0.15) is 6.10 Å². The van der Waals surface area contributed by atoms with Gasteiger partial charge in [-0.1, -0.05) is 0 Å². The SMILES string of the molecule is Cc1cc2c(cc1[C@H]1CC(O)[C@@H](COP(=O)(O)O)O1)OCO2. The Morgan fingerprint density at radius 3 is 2.68 bits per heavy atom. The lowest BCUT2D eigenvalue weighted by Crippen LogP contribution is -2.25. The van der Waals surface area contributed by atoms with Crippen LogP contribution in [0.3, 0.4) is 0 Å². The minimum absolute atomic E-state index is 0.172. The van der Waals surface area contributed by atoms with Crippen LogP contribution in [0.1, 0.15) is 23.7 Å². The molecule has 0 aliphatic carbocycles. The van der Waals surface area contributed by atoms with Gasteiger partial charge in [-0.05, 0) is 30.2 Å². The molecule has 0 bridgehead atoms. The predicted molar refractivity (Wildman–Crippen MR) is 73.5 cm³/mol. The summed E-state index contributed by atoms with van der Waals surface area (Å²) >= 11 is 0. The van der Waals surface area contributed by atoms with Gasteiger partial charge in [0, 0.05) is 6.42 Å². The van der Waals surface area contributed by atoms with Crippen LogP contribution in [-0.2, 0) is 13.8 Å². The summed E-state index contributed by atoms with van der Waals surface area (Å²) in [6, 6.07) is 3.65. The van der Waals surface area contributed by atoms with E-state index in [0.717, 1.165) is 11.1 Å². The molecule has 2 aliphatic heterocycles. The number of hydrogen-bond donors (Lipinski definition) is 3. The van der Waals surface area contributed by atoms with Crippen molar-refractivity contribution >= 4 is 7.82 Å². The van der Waals surface area contributed by atoms with Crippen LogP contribution in [0.25, 0.3) is 0 Å². The van der Waals surface area contributed by atoms with Gasteiger partial charge < -0.3 is 29.1 Å². The Hall–Kier alpha value is -1.15. The summed E-state index contributed by atoms with van der Waals surface area (Å²) in [5.41, 5.74) is 1.78. The number of ether oxygens (including phenoxy) is 3. The van der Waals surface area contributed by atoms with E-state index in [0.29, 0.717) is 17.9 Å². The number of benzene rings is 1. The second kappa shape index (κ2) is 5.81. The summed E-state index contributed by atoms with van der Waals surface area (Å²) in [7, 11) is -4.58. The fourth-order valence-electron chi connectivity index (χ4n) is 2.66. The van der Waals surface area contributed by atoms with Crippen LogP contribution >= 0.6 is 7.82 Å². The zero-order valence-corrected chi connectivity index (χ0v) is 12.7. The first-order valence-electron chi connectivity index (χ1n) is 6.77. The molecule has 122 valence electrons. The fraction of sp³-hybridized carbons (Fsp3) is 0.538. The third kappa shape index (κ3) is 3.27. The lowest BCUT2D eigenvalue weighted by molar-refractivity contribution is -0.0223. The van der Waals surface area contributed by atoms with Crippen LogP contribution in [0, 0.1) is 6.92 Å². The van der Waals surface area contributed by atoms with Crippen molar-refractivity contribution in [2.45, 2.75) is 31.7 Å². The molecule has 1 unspecified atom stereocenters. The van der Waals surface area contributed by atoms with Crippen LogP contribution in [0.5, 0.6) is 11.5 Å². The standard InChI is InChI=1S/C13H17O8P/c1-7-2-11-12(19-6-18-11)3-8(7)10-4-9(14)13(21-10)5-20-22(15,16)17/h2-3,9-10,13-14H,4-6H2,1H3,(H2,15,16,17)/t9?,10-,13-/m1/s1. The van der Waals surface area contributed by atoms with Crippen molar-refractivity contribution in [1.82, 2.24) is 0 Å². The van der Waals surface area contributed by atoms with E-state index in [1.165, 1.54) is 0 Å². The quantitative estimate of drug-likeness (QED) is 0.700. The number of phosphoric acid groups is 1. The van der Waals surface area contributed by atoms with Gasteiger partial charge in [0.25, 0.3) is 0 Å². The number of hydrogen-bond acceptors (Lipinski definition) is 6. The average molecular weight is 332 g/mol. The number of aryl methyl sites for hydroxylation is 1. The molecule has 0 amide bonds. The van der Waals surface area contributed by atoms with Gasteiger partial charge in [0.2, 0.25) is 6.79 Å². The normalized spacial score (nSPS) is 27.4. The molecule has 1 aromatic rings. The van der Waals surface area contributed by atoms with E-state index in [1.54, 1.807) is 6.07 Å². The minimum Gasteiger partial charge on any atom is -0.454 e. The van der Waals surface area contributed by atoms with Crippen molar-refractivity contribution in [3.63, 3.8) is 0 Å². The molecule has 0 aromatic heterocycles. The molecule has 1 aromatic carbocycles. The maximum Gasteiger partial charge on any atom is 0.469 e. The van der Waals surface area contributed by atoms with E-state index >= 15 is 0 Å². The Bertz CT molecular complexity index is 612. The molecular formula is C13H17O8P. The first kappa shape index (κ1) is 15.7. The van der Waals surface area contributed by atoms with Gasteiger partial charge in [-0.25, -0.2) is 4.57 Å². The smallest absolute Gasteiger partial charge is 0.454 e. The van der Waals surface area contributed by atoms with Crippen molar-refractivity contribution < 1.29 is 38.2 Å². The first-order valence-corrected chi connectivity index (χ1v) is 8.30. The summed E-state index contributed by atoms with van der Waals surface area (Å²) in [4.78, 5) is 17.4. The summed E-state index contributed by atoms with van der Waals surface area (Å²) in [5, 5.41) is 9.99. The zero-order chi connectivity index (χ0) is 15.9. The Morgan fingerprint density at radius 2 is 2.00 bits per heavy atom. The van der Waals surface area contributed by atoms with Crippen LogP contribution in [0.15, 0.2) is 12.1 Å². The van der Waals surface area contributed by atoms with Gasteiger partial charge in [-0.2, -0.15) is 0 Å². The number of aliphatic hydroxyl groups excluding tert-OH is 1. The minimum atomic E-state index is -4.58. The third-order valence-electron chi connectivity index (χ3n) is 3.74. The van der Waals surface area contributed by atoms with E-state index in [9.17, 15) is 9.67 Å². The zero-order valence-electron chi connectivity index (χ0n) is 11.8. The summed E-state index contributed by atoms with van der Waals surface area (Å²) in [6.07, 6.45) is -1.73. The van der Waals surface area contributed by atoms with Crippen molar-refractivity contribution in [2.24, 2.45) is 0 Å². The molecule has 0 spiro atoms. The number of rotatable bonds is 4. The Morgan fingerprint density at radius 1 is 1.32 bits per heavy atom. The highest BCUT2D eigenvalue weighted by Gasteiger charge is 2.37. The highest BCUT2D eigenvalue weighted by molar-refractivity contribution is 7.46. The largest absolute Gasteiger partial charge is 0.469 e. The second-order valence-electron chi connectivity index (χ2n) is 5.31. The van der Waals surface area contributed by atoms with Crippen molar-refractivity contribution in [2.75, 3.05) is 13.4 Å². The highest BCUT2D eigenvalue weighted by Crippen LogP contribution is 2.42. The number of phosphoric ester groups is 1. The molecule has 8 nitrogen and oxygen atoms in total. The van der Waals surface area contributed by atoms with Crippen molar-refractivity contribution in [1.29, 1.82) is 0 Å². The summed E-state index contributed by atoms with van der Waals surface area (Å²) in [6.45, 7) is 1.70. The monoisotopic (exact) mass is 332 g/mol. The van der Waals surface area contributed by atoms with Gasteiger partial charge in [-0.3, -0.25) is 4.52 Å². The van der Waals surface area contributed by atoms with Gasteiger partial charge >= 0.3 is 7.82 Å². The lowest BCUT2D eigenvalue weighted by Gasteiger charge is -2.17. The van der Waals surface area contributed by atoms with Crippen LogP contribution in [0.4, 0.5) is 0 Å². The molecule has 22 heavy (non-hydrogen) atoms. The molecule has 2 aliphatic rings. The molecule has 2 heterocycles. The third-order valence-corrected chi connectivity index (χ3v) is 4.22. The predicted octanol–water partition coefficient (Wildman–Crippen LogP) is 1.02. The first-order chi connectivity index (χ1) is 10.3. The molecule has 0 saturated carbocycles. The van der Waals surface area contributed by atoms with E-state index < -0.39 is 26.1 Å². The molecule has 9 heteroatoms. The Balaban J connectivity index is 1.73. The molecule has 1 saturated heterocycles. The lowest BCUT2D eigenvalue weighted by atomic mass is 9.99. The second-order valence-corrected chi connectivity index (χ2v) is 6.55. The van der Waals surface area contributed by atoms with Crippen LogP contribution in [-0.4, -0.2) is 40.5 Å². The Labute approximate surface area is 126 Å². The Kier molecular flexibility index (Phi) is 4.15. The fourth-order valence-corrected chi connectivity index (χ4v) is 3.00. The molecule has 3 rings (SSSR count). The highest BCUT2D eigenvalue weighted by atomic mass is 31.2. The van der Waals surface area contributed by atoms with E-state index in [1.807, 2.05) is 13.0 Å². The molecule has 3 N–H and O–H groups in total. The summed E-state index contributed by atoms with van der Waals surface area (Å²) in [5.74, 6) is 1.29. The molecular weight excluding hydrogens is 315 g/mol. The van der Waals surface area contributed by atoms with Gasteiger partial charge in [0.15, 0.2) is 11.5 Å². The number of aliphatic hydroxyl groups is 1. The van der Waals surface area contributed by atoms with E-state index in [-0.39, 0.29) is 13.4 Å². The van der Waals surface area contributed by atoms with Gasteiger partial charge in [0.05, 0.1) is 18.8 Å². The van der Waals surface area contributed by atoms with E-state index in [4.69, 9.17) is 24.0 Å². The van der Waals surface area contributed by atoms with Crippen LogP contribution < -0.4 is 9.47 Å². The number of fused-ring (bicyclic) bond motifs is 1. The summed E-state index contributed by atoms with van der Waals surface area (Å²) < 4.78 is 31.5. The maximum atomic E-state index is 10.7. The average Bonchev–Trinajstić information content (AvgIpc) is 3.00. The van der Waals surface area contributed by atoms with Crippen LogP contribution in [0.2, 0.25) is 0 Å². The van der Waals surface area contributed by atoms with Crippen molar-refractivity contribution in [3.8, 4) is 11.5 Å². The topological polar surface area (TPSA) is 115 Å². The maximum absolute atomic E-state index is 10.7. The molecule has 3 atom stereocenters. The van der Waals surface area contributed by atoms with Gasteiger partial charge in [-0.15, -0.1) is 0 Å². The van der Waals surface area contributed by atoms with E-state index in [2.05, 4.69) is 4.52 Å². The van der Waals surface area contributed by atoms with Crippen molar-refractivity contribution in [3.05, 3.63) is 23.3 Å².